The molecule has 3 aliphatic heterocycles. The lowest BCUT2D eigenvalue weighted by molar-refractivity contribution is 0.413. The highest BCUT2D eigenvalue weighted by Crippen LogP contribution is 2.40. The third-order valence-electron chi connectivity index (χ3n) is 5.00. The molecule has 8 nitrogen and oxygen atoms in total. The Morgan fingerprint density at radius 3 is 2.76 bits per heavy atom. The highest BCUT2D eigenvalue weighted by atomic mass is 35.5. The standard InChI is InChI=1S/C19H13ClFN7O/c20-25-9-16-26(11-25)15-4-2-1-3-14(15)17-22-10-27(28(16)17)19-23-18(29-24-19)12-5-7-13(21)8-6-12/h1-9H,10-11H2. The van der Waals surface area contributed by atoms with Gasteiger partial charge in [-0.15, -0.1) is 0 Å². The molecule has 0 saturated heterocycles. The van der Waals surface area contributed by atoms with Crippen LogP contribution in [-0.4, -0.2) is 38.7 Å². The monoisotopic (exact) mass is 409 g/mol. The second-order valence-electron chi connectivity index (χ2n) is 6.71. The molecule has 0 amide bonds. The van der Waals surface area contributed by atoms with Crippen LogP contribution in [0.2, 0.25) is 0 Å². The first-order chi connectivity index (χ1) is 14.2. The molecule has 3 aromatic rings. The summed E-state index contributed by atoms with van der Waals surface area (Å²) in [5.41, 5.74) is 2.68. The predicted molar refractivity (Wildman–Crippen MR) is 105 cm³/mol. The van der Waals surface area contributed by atoms with E-state index in [0.29, 0.717) is 30.7 Å². The van der Waals surface area contributed by atoms with E-state index in [9.17, 15) is 4.39 Å². The Labute approximate surface area is 169 Å². The van der Waals surface area contributed by atoms with Crippen LogP contribution in [0.4, 0.5) is 16.0 Å². The molecule has 0 aliphatic carbocycles. The van der Waals surface area contributed by atoms with Gasteiger partial charge < -0.3 is 9.42 Å². The molecular formula is C19H13ClFN7O. The van der Waals surface area contributed by atoms with Crippen LogP contribution in [0.15, 0.2) is 70.1 Å². The molecule has 29 heavy (non-hydrogen) atoms. The molecule has 144 valence electrons. The molecule has 0 bridgehead atoms. The predicted octanol–water partition coefficient (Wildman–Crippen LogP) is 3.36. The van der Waals surface area contributed by atoms with Crippen molar-refractivity contribution in [2.24, 2.45) is 4.99 Å². The minimum absolute atomic E-state index is 0.307. The summed E-state index contributed by atoms with van der Waals surface area (Å²) in [5.74, 6) is 1.99. The van der Waals surface area contributed by atoms with Crippen LogP contribution >= 0.6 is 11.8 Å². The van der Waals surface area contributed by atoms with Crippen molar-refractivity contribution in [3.63, 3.8) is 0 Å². The van der Waals surface area contributed by atoms with Crippen molar-refractivity contribution in [2.45, 2.75) is 0 Å². The van der Waals surface area contributed by atoms with Gasteiger partial charge in [-0.05, 0) is 41.6 Å². The van der Waals surface area contributed by atoms with E-state index in [1.165, 1.54) is 12.1 Å². The molecule has 4 heterocycles. The maximum Gasteiger partial charge on any atom is 0.287 e. The van der Waals surface area contributed by atoms with Crippen molar-refractivity contribution in [2.75, 3.05) is 23.2 Å². The normalized spacial score (nSPS) is 17.2. The number of aliphatic imine (C=N–C) groups is 1. The van der Waals surface area contributed by atoms with E-state index in [0.717, 1.165) is 22.9 Å². The molecule has 0 fully saturated rings. The number of anilines is 2. The highest BCUT2D eigenvalue weighted by molar-refractivity contribution is 6.15. The number of hydrogen-bond donors (Lipinski definition) is 0. The van der Waals surface area contributed by atoms with Crippen LogP contribution in [-0.2, 0) is 0 Å². The van der Waals surface area contributed by atoms with E-state index in [4.69, 9.17) is 21.3 Å². The van der Waals surface area contributed by atoms with E-state index in [1.807, 2.05) is 40.5 Å². The van der Waals surface area contributed by atoms with Gasteiger partial charge in [0.15, 0.2) is 11.7 Å². The molecule has 0 atom stereocenters. The molecule has 3 aliphatic rings. The number of nitrogens with zero attached hydrogens (tertiary/aromatic N) is 7. The summed E-state index contributed by atoms with van der Waals surface area (Å²) in [4.78, 5) is 11.3. The Balaban J connectivity index is 1.40. The van der Waals surface area contributed by atoms with Crippen molar-refractivity contribution in [3.05, 3.63) is 71.9 Å². The second kappa shape index (κ2) is 5.95. The van der Waals surface area contributed by atoms with Crippen molar-refractivity contribution in [3.8, 4) is 11.5 Å². The Kier molecular flexibility index (Phi) is 3.36. The lowest BCUT2D eigenvalue weighted by Crippen LogP contribution is -2.49. The van der Waals surface area contributed by atoms with Crippen LogP contribution < -0.4 is 9.91 Å². The van der Waals surface area contributed by atoms with E-state index < -0.39 is 0 Å². The number of hydrogen-bond acceptors (Lipinski definition) is 8. The van der Waals surface area contributed by atoms with Crippen LogP contribution in [0.5, 0.6) is 0 Å². The van der Waals surface area contributed by atoms with Gasteiger partial charge in [-0.3, -0.25) is 4.42 Å². The topological polar surface area (TPSA) is 64.2 Å². The number of hydrazine groups is 1. The summed E-state index contributed by atoms with van der Waals surface area (Å²) < 4.78 is 20.2. The fraction of sp³-hybridized carbons (Fsp3) is 0.105. The van der Waals surface area contributed by atoms with E-state index in [1.54, 1.807) is 16.6 Å². The summed E-state index contributed by atoms with van der Waals surface area (Å²) in [6.45, 7) is 0.845. The zero-order chi connectivity index (χ0) is 19.5. The highest BCUT2D eigenvalue weighted by Gasteiger charge is 2.43. The van der Waals surface area contributed by atoms with E-state index in [-0.39, 0.29) is 5.82 Å². The Morgan fingerprint density at radius 1 is 1.07 bits per heavy atom. The minimum atomic E-state index is -0.322. The summed E-state index contributed by atoms with van der Waals surface area (Å²) >= 11 is 6.28. The number of para-hydroxylation sites is 1. The number of halogens is 2. The van der Waals surface area contributed by atoms with Crippen LogP contribution in [0.1, 0.15) is 5.56 Å². The number of aromatic nitrogens is 2. The molecule has 0 spiro atoms. The van der Waals surface area contributed by atoms with Crippen molar-refractivity contribution >= 4 is 29.2 Å². The molecule has 10 heteroatoms. The first-order valence-corrected chi connectivity index (χ1v) is 9.26. The summed E-state index contributed by atoms with van der Waals surface area (Å²) in [6.07, 6.45) is 1.84. The first-order valence-electron chi connectivity index (χ1n) is 8.92. The third kappa shape index (κ3) is 2.40. The second-order valence-corrected chi connectivity index (χ2v) is 7.15. The average Bonchev–Trinajstić information content (AvgIpc) is 3.45. The first kappa shape index (κ1) is 16.4. The molecule has 0 N–H and O–H groups in total. The minimum Gasteiger partial charge on any atom is -0.332 e. The quantitative estimate of drug-likeness (QED) is 0.601. The maximum absolute atomic E-state index is 13.2. The number of benzene rings is 2. The molecule has 0 saturated carbocycles. The summed E-state index contributed by atoms with van der Waals surface area (Å²) in [6, 6.07) is 13.9. The van der Waals surface area contributed by atoms with Gasteiger partial charge in [-0.1, -0.05) is 12.1 Å². The number of fused-ring (bicyclic) bond motifs is 6. The van der Waals surface area contributed by atoms with Gasteiger partial charge in [0, 0.05) is 22.9 Å². The van der Waals surface area contributed by atoms with Crippen molar-refractivity contribution < 1.29 is 8.91 Å². The van der Waals surface area contributed by atoms with Gasteiger partial charge >= 0.3 is 0 Å². The summed E-state index contributed by atoms with van der Waals surface area (Å²) in [5, 5.41) is 7.87. The van der Waals surface area contributed by atoms with Crippen LogP contribution in [0.25, 0.3) is 11.5 Å². The number of amidine groups is 1. The lowest BCUT2D eigenvalue weighted by Gasteiger charge is -2.39. The lowest BCUT2D eigenvalue weighted by atomic mass is 10.1. The van der Waals surface area contributed by atoms with Crippen molar-refractivity contribution in [1.29, 1.82) is 0 Å². The average molecular weight is 410 g/mol. The fourth-order valence-electron chi connectivity index (χ4n) is 3.70. The Morgan fingerprint density at radius 2 is 1.90 bits per heavy atom. The smallest absolute Gasteiger partial charge is 0.287 e. The van der Waals surface area contributed by atoms with Gasteiger partial charge in [0.1, 0.15) is 19.2 Å². The fourth-order valence-corrected chi connectivity index (χ4v) is 3.90. The van der Waals surface area contributed by atoms with Crippen LogP contribution in [0, 0.1) is 5.82 Å². The number of rotatable bonds is 2. The van der Waals surface area contributed by atoms with E-state index >= 15 is 0 Å². The molecule has 6 rings (SSSR count). The van der Waals surface area contributed by atoms with E-state index in [2.05, 4.69) is 15.0 Å². The molecule has 0 radical (unpaired) electrons. The van der Waals surface area contributed by atoms with Gasteiger partial charge in [-0.2, -0.15) is 4.98 Å². The molecule has 0 unspecified atom stereocenters. The maximum atomic E-state index is 13.2. The zero-order valence-electron chi connectivity index (χ0n) is 14.9. The summed E-state index contributed by atoms with van der Waals surface area (Å²) in [7, 11) is 0. The molecular weight excluding hydrogens is 397 g/mol. The van der Waals surface area contributed by atoms with Gasteiger partial charge in [-0.25, -0.2) is 19.4 Å². The third-order valence-corrected chi connectivity index (χ3v) is 5.20. The SMILES string of the molecule is Fc1ccc(-c2nc(N3CN=C4c5ccccc5N5CN(Cl)C=C5N43)no2)cc1. The largest absolute Gasteiger partial charge is 0.332 e. The van der Waals surface area contributed by atoms with Gasteiger partial charge in [0.05, 0.1) is 11.9 Å². The Bertz CT molecular complexity index is 1180. The van der Waals surface area contributed by atoms with Gasteiger partial charge in [0.25, 0.3) is 11.8 Å². The molecule has 2 aromatic carbocycles. The molecule has 1 aromatic heterocycles. The van der Waals surface area contributed by atoms with Crippen LogP contribution in [0.3, 0.4) is 0 Å². The van der Waals surface area contributed by atoms with Gasteiger partial charge in [0.2, 0.25) is 0 Å². The Hall–Kier alpha value is -3.59. The zero-order valence-corrected chi connectivity index (χ0v) is 15.7. The van der Waals surface area contributed by atoms with Crippen molar-refractivity contribution in [1.82, 2.24) is 19.6 Å².